The fourth-order valence-corrected chi connectivity index (χ4v) is 2.99. The first kappa shape index (κ1) is 18.1. The van der Waals surface area contributed by atoms with Gasteiger partial charge < -0.3 is 10.2 Å². The first-order chi connectivity index (χ1) is 9.99. The molecular weight excluding hydrogens is 263 g/mol. The van der Waals surface area contributed by atoms with Crippen LogP contribution >= 0.6 is 0 Å². The summed E-state index contributed by atoms with van der Waals surface area (Å²) >= 11 is 0. The third-order valence-corrected chi connectivity index (χ3v) is 4.42. The van der Waals surface area contributed by atoms with E-state index in [1.54, 1.807) is 6.07 Å². The topological polar surface area (TPSA) is 15.3 Å². The van der Waals surface area contributed by atoms with E-state index in [1.165, 1.54) is 18.9 Å². The summed E-state index contributed by atoms with van der Waals surface area (Å²) in [6.07, 6.45) is 3.13. The summed E-state index contributed by atoms with van der Waals surface area (Å²) < 4.78 is 13.7. The second kappa shape index (κ2) is 9.16. The Morgan fingerprint density at radius 3 is 2.29 bits per heavy atom. The van der Waals surface area contributed by atoms with E-state index in [1.807, 2.05) is 12.1 Å². The van der Waals surface area contributed by atoms with Gasteiger partial charge in [-0.05, 0) is 45.0 Å². The molecule has 3 heteroatoms. The molecule has 0 aliphatic heterocycles. The Morgan fingerprint density at radius 1 is 1.14 bits per heavy atom. The van der Waals surface area contributed by atoms with Crippen LogP contribution in [0.4, 0.5) is 4.39 Å². The van der Waals surface area contributed by atoms with Crippen LogP contribution in [0.3, 0.4) is 0 Å². The lowest BCUT2D eigenvalue weighted by Gasteiger charge is -2.32. The predicted molar refractivity (Wildman–Crippen MR) is 89.1 cm³/mol. The summed E-state index contributed by atoms with van der Waals surface area (Å²) in [4.78, 5) is 2.31. The van der Waals surface area contributed by atoms with Gasteiger partial charge in [-0.25, -0.2) is 4.39 Å². The summed E-state index contributed by atoms with van der Waals surface area (Å²) in [6.45, 7) is 7.60. The standard InChI is InChI=1S/C18H31FN2/c1-6-15(7-2)18(21(4)5)13-20-14(3)12-16-10-8-9-11-17(16)19/h8-11,14-15,18,20H,6-7,12-13H2,1-5H3. The molecule has 0 heterocycles. The van der Waals surface area contributed by atoms with E-state index in [0.717, 1.165) is 18.5 Å². The van der Waals surface area contributed by atoms with Crippen LogP contribution in [-0.4, -0.2) is 37.6 Å². The van der Waals surface area contributed by atoms with Gasteiger partial charge in [-0.2, -0.15) is 0 Å². The van der Waals surface area contributed by atoms with Crippen LogP contribution < -0.4 is 5.32 Å². The van der Waals surface area contributed by atoms with E-state index < -0.39 is 0 Å². The monoisotopic (exact) mass is 294 g/mol. The molecule has 1 rings (SSSR count). The minimum atomic E-state index is -0.102. The molecule has 1 N–H and O–H groups in total. The highest BCUT2D eigenvalue weighted by molar-refractivity contribution is 5.18. The van der Waals surface area contributed by atoms with E-state index in [0.29, 0.717) is 12.0 Å². The maximum atomic E-state index is 13.7. The maximum absolute atomic E-state index is 13.7. The summed E-state index contributed by atoms with van der Waals surface area (Å²) in [6, 6.07) is 7.86. The van der Waals surface area contributed by atoms with Gasteiger partial charge in [0.15, 0.2) is 0 Å². The smallest absolute Gasteiger partial charge is 0.126 e. The van der Waals surface area contributed by atoms with Gasteiger partial charge in [0.05, 0.1) is 0 Å². The average Bonchev–Trinajstić information content (AvgIpc) is 2.45. The number of nitrogens with zero attached hydrogens (tertiary/aromatic N) is 1. The molecule has 120 valence electrons. The van der Waals surface area contributed by atoms with Gasteiger partial charge in [0.25, 0.3) is 0 Å². The third kappa shape index (κ3) is 5.76. The van der Waals surface area contributed by atoms with E-state index >= 15 is 0 Å². The Morgan fingerprint density at radius 2 is 1.76 bits per heavy atom. The van der Waals surface area contributed by atoms with Crippen molar-refractivity contribution < 1.29 is 4.39 Å². The van der Waals surface area contributed by atoms with Crippen molar-refractivity contribution in [2.45, 2.75) is 52.1 Å². The van der Waals surface area contributed by atoms with Crippen molar-refractivity contribution in [3.05, 3.63) is 35.6 Å². The average molecular weight is 294 g/mol. The van der Waals surface area contributed by atoms with Gasteiger partial charge in [-0.3, -0.25) is 0 Å². The highest BCUT2D eigenvalue weighted by atomic mass is 19.1. The van der Waals surface area contributed by atoms with Crippen molar-refractivity contribution in [2.24, 2.45) is 5.92 Å². The Bertz CT molecular complexity index is 402. The molecule has 0 aliphatic carbocycles. The van der Waals surface area contributed by atoms with Gasteiger partial charge in [-0.15, -0.1) is 0 Å². The van der Waals surface area contributed by atoms with Gasteiger partial charge in [0, 0.05) is 18.6 Å². The second-order valence-electron chi connectivity index (χ2n) is 6.21. The highest BCUT2D eigenvalue weighted by Gasteiger charge is 2.21. The first-order valence-corrected chi connectivity index (χ1v) is 8.12. The molecule has 0 amide bonds. The number of hydrogen-bond donors (Lipinski definition) is 1. The lowest BCUT2D eigenvalue weighted by atomic mass is 9.93. The van der Waals surface area contributed by atoms with Gasteiger partial charge in [-0.1, -0.05) is 44.9 Å². The van der Waals surface area contributed by atoms with Crippen LogP contribution in [0, 0.1) is 11.7 Å². The normalized spacial score (nSPS) is 14.7. The van der Waals surface area contributed by atoms with Crippen LogP contribution in [0.25, 0.3) is 0 Å². The van der Waals surface area contributed by atoms with Crippen molar-refractivity contribution in [2.75, 3.05) is 20.6 Å². The lowest BCUT2D eigenvalue weighted by molar-refractivity contribution is 0.190. The molecule has 21 heavy (non-hydrogen) atoms. The van der Waals surface area contributed by atoms with E-state index in [2.05, 4.69) is 45.1 Å². The van der Waals surface area contributed by atoms with Crippen LogP contribution in [-0.2, 0) is 6.42 Å². The third-order valence-electron chi connectivity index (χ3n) is 4.42. The Hall–Kier alpha value is -0.930. The lowest BCUT2D eigenvalue weighted by Crippen LogP contribution is -2.45. The van der Waals surface area contributed by atoms with Crippen molar-refractivity contribution in [1.82, 2.24) is 10.2 Å². The largest absolute Gasteiger partial charge is 0.312 e. The second-order valence-corrected chi connectivity index (χ2v) is 6.21. The van der Waals surface area contributed by atoms with E-state index in [4.69, 9.17) is 0 Å². The molecule has 0 spiro atoms. The molecule has 0 fully saturated rings. The van der Waals surface area contributed by atoms with Crippen molar-refractivity contribution in [3.8, 4) is 0 Å². The van der Waals surface area contributed by atoms with Gasteiger partial charge in [0.1, 0.15) is 5.82 Å². The van der Waals surface area contributed by atoms with Gasteiger partial charge in [0.2, 0.25) is 0 Å². The number of hydrogen-bond acceptors (Lipinski definition) is 2. The molecule has 0 aliphatic rings. The molecular formula is C18H31FN2. The minimum Gasteiger partial charge on any atom is -0.312 e. The SMILES string of the molecule is CCC(CC)C(CNC(C)Cc1ccccc1F)N(C)C. The predicted octanol–water partition coefficient (Wildman–Crippen LogP) is 3.71. The van der Waals surface area contributed by atoms with Crippen molar-refractivity contribution in [1.29, 1.82) is 0 Å². The summed E-state index contributed by atoms with van der Waals surface area (Å²) in [7, 11) is 4.29. The minimum absolute atomic E-state index is 0.102. The number of likely N-dealkylation sites (N-methyl/N-ethyl adjacent to an activating group) is 1. The Labute approximate surface area is 129 Å². The quantitative estimate of drug-likeness (QED) is 0.747. The maximum Gasteiger partial charge on any atom is 0.126 e. The van der Waals surface area contributed by atoms with E-state index in [-0.39, 0.29) is 11.9 Å². The molecule has 0 bridgehead atoms. The van der Waals surface area contributed by atoms with Crippen molar-refractivity contribution in [3.63, 3.8) is 0 Å². The molecule has 2 atom stereocenters. The zero-order valence-corrected chi connectivity index (χ0v) is 14.2. The molecule has 2 unspecified atom stereocenters. The zero-order valence-electron chi connectivity index (χ0n) is 14.2. The van der Waals surface area contributed by atoms with Crippen LogP contribution in [0.5, 0.6) is 0 Å². The molecule has 0 radical (unpaired) electrons. The Kier molecular flexibility index (Phi) is 7.91. The molecule has 0 saturated carbocycles. The van der Waals surface area contributed by atoms with Crippen LogP contribution in [0.1, 0.15) is 39.2 Å². The summed E-state index contributed by atoms with van der Waals surface area (Å²) in [5.74, 6) is 0.600. The zero-order chi connectivity index (χ0) is 15.8. The summed E-state index contributed by atoms with van der Waals surface area (Å²) in [5.41, 5.74) is 0.793. The number of nitrogens with one attached hydrogen (secondary N) is 1. The molecule has 0 aromatic heterocycles. The fraction of sp³-hybridized carbons (Fsp3) is 0.667. The first-order valence-electron chi connectivity index (χ1n) is 8.12. The molecule has 1 aromatic rings. The molecule has 1 aromatic carbocycles. The summed E-state index contributed by atoms with van der Waals surface area (Å²) in [5, 5.41) is 3.58. The Balaban J connectivity index is 2.54. The highest BCUT2D eigenvalue weighted by Crippen LogP contribution is 2.17. The number of rotatable bonds is 9. The van der Waals surface area contributed by atoms with Crippen LogP contribution in [0.2, 0.25) is 0 Å². The van der Waals surface area contributed by atoms with E-state index in [9.17, 15) is 4.39 Å². The fourth-order valence-electron chi connectivity index (χ4n) is 2.99. The number of halogens is 1. The van der Waals surface area contributed by atoms with Gasteiger partial charge >= 0.3 is 0 Å². The van der Waals surface area contributed by atoms with Crippen LogP contribution in [0.15, 0.2) is 24.3 Å². The molecule has 2 nitrogen and oxygen atoms in total. The van der Waals surface area contributed by atoms with Crippen molar-refractivity contribution >= 4 is 0 Å². The number of benzene rings is 1. The molecule has 0 saturated heterocycles.